The number of aromatic nitrogens is 1. The molecular weight excluding hydrogens is 362 g/mol. The number of pyridine rings is 1. The first-order valence-electron chi connectivity index (χ1n) is 9.06. The zero-order valence-electron chi connectivity index (χ0n) is 15.1. The van der Waals surface area contributed by atoms with E-state index in [4.69, 9.17) is 16.9 Å². The van der Waals surface area contributed by atoms with E-state index in [0.717, 1.165) is 36.2 Å². The average Bonchev–Trinajstić information content (AvgIpc) is 2.71. The van der Waals surface area contributed by atoms with Gasteiger partial charge in [0.15, 0.2) is 0 Å². The Morgan fingerprint density at radius 1 is 1.04 bits per heavy atom. The second-order valence-corrected chi connectivity index (χ2v) is 6.56. The van der Waals surface area contributed by atoms with Gasteiger partial charge in [-0.2, -0.15) is 0 Å². The van der Waals surface area contributed by atoms with Gasteiger partial charge in [0.2, 0.25) is 0 Å². The highest BCUT2D eigenvalue weighted by atomic mass is 35.5. The van der Waals surface area contributed by atoms with Gasteiger partial charge >= 0.3 is 0 Å². The van der Waals surface area contributed by atoms with Crippen LogP contribution in [-0.4, -0.2) is 39.8 Å². The number of hydrogen-bond donors (Lipinski definition) is 3. The molecule has 0 bridgehead atoms. The fourth-order valence-corrected chi connectivity index (χ4v) is 3.18. The van der Waals surface area contributed by atoms with Crippen molar-refractivity contribution in [3.8, 4) is 0 Å². The Hall–Kier alpha value is -2.41. The van der Waals surface area contributed by atoms with E-state index in [1.165, 1.54) is 0 Å². The Morgan fingerprint density at radius 3 is 2.56 bits per heavy atom. The Labute approximate surface area is 164 Å². The van der Waals surface area contributed by atoms with Crippen LogP contribution in [0.2, 0.25) is 0 Å². The van der Waals surface area contributed by atoms with Crippen LogP contribution in [0.5, 0.6) is 0 Å². The molecule has 0 fully saturated rings. The van der Waals surface area contributed by atoms with Crippen LogP contribution in [0.1, 0.15) is 24.8 Å². The number of benzene rings is 1. The van der Waals surface area contributed by atoms with Gasteiger partial charge in [-0.25, -0.2) is 9.41 Å². The number of aliphatic hydroxyl groups is 1. The molecule has 3 N–H and O–H groups in total. The third-order valence-corrected chi connectivity index (χ3v) is 4.69. The molecule has 2 heterocycles. The molecule has 1 aliphatic heterocycles. The van der Waals surface area contributed by atoms with E-state index < -0.39 is 5.91 Å². The van der Waals surface area contributed by atoms with Crippen LogP contribution in [-0.2, 0) is 0 Å². The summed E-state index contributed by atoms with van der Waals surface area (Å²) >= 11 is 6.80. The first-order chi connectivity index (χ1) is 13.2. The molecule has 0 saturated heterocycles. The number of anilines is 1. The quantitative estimate of drug-likeness (QED) is 0.350. The van der Waals surface area contributed by atoms with Crippen LogP contribution in [0, 0.1) is 0 Å². The summed E-state index contributed by atoms with van der Waals surface area (Å²) in [6, 6.07) is 13.7. The minimum atomic E-state index is -1.02. The molecule has 0 aliphatic carbocycles. The maximum atomic E-state index is 8.96. The van der Waals surface area contributed by atoms with Gasteiger partial charge in [0.05, 0.1) is 5.70 Å². The molecule has 1 aromatic carbocycles. The lowest BCUT2D eigenvalue weighted by Gasteiger charge is -2.41. The number of aliphatic hydroxyl groups excluding tert-OH is 1. The summed E-state index contributed by atoms with van der Waals surface area (Å²) in [5, 5.41) is 15.8. The summed E-state index contributed by atoms with van der Waals surface area (Å²) in [4.78, 5) is 8.71. The van der Waals surface area contributed by atoms with Crippen molar-refractivity contribution in [3.63, 3.8) is 0 Å². The summed E-state index contributed by atoms with van der Waals surface area (Å²) in [7, 11) is 0. The summed E-state index contributed by atoms with van der Waals surface area (Å²) in [5.41, 5.74) is 2.67. The third-order valence-electron chi connectivity index (χ3n) is 4.26. The molecule has 1 atom stereocenters. The Kier molecular flexibility index (Phi) is 6.81. The number of halogens is 1. The van der Waals surface area contributed by atoms with Gasteiger partial charge in [0, 0.05) is 54.8 Å². The Bertz CT molecular complexity index is 768. The second-order valence-electron chi connectivity index (χ2n) is 6.22. The molecule has 1 aliphatic rings. The van der Waals surface area contributed by atoms with Crippen molar-refractivity contribution in [1.82, 2.24) is 14.7 Å². The monoisotopic (exact) mass is 385 g/mol. The minimum absolute atomic E-state index is 0.210. The molecule has 7 heteroatoms. The average molecular weight is 386 g/mol. The standard InChI is InChI=1S/C20H24ClN5O/c21-26-19(17-9-13-22-14-10-17)11-15-24-20(26,23-12-5-2-6-16-27)25-18-7-3-1-4-8-18/h1,3-4,7-11,13-15,23,25,27H,2,5-6,12,16H2. The van der Waals surface area contributed by atoms with Crippen molar-refractivity contribution < 1.29 is 5.11 Å². The van der Waals surface area contributed by atoms with Crippen molar-refractivity contribution in [2.75, 3.05) is 18.5 Å². The van der Waals surface area contributed by atoms with Crippen molar-refractivity contribution in [3.05, 3.63) is 66.5 Å². The van der Waals surface area contributed by atoms with E-state index in [-0.39, 0.29) is 6.61 Å². The Balaban J connectivity index is 1.83. The van der Waals surface area contributed by atoms with Crippen LogP contribution in [0.4, 0.5) is 5.69 Å². The second kappa shape index (κ2) is 9.50. The lowest BCUT2D eigenvalue weighted by molar-refractivity contribution is 0.241. The van der Waals surface area contributed by atoms with E-state index in [1.54, 1.807) is 23.0 Å². The van der Waals surface area contributed by atoms with E-state index >= 15 is 0 Å². The first-order valence-corrected chi connectivity index (χ1v) is 9.40. The fraction of sp³-hybridized carbons (Fsp3) is 0.300. The highest BCUT2D eigenvalue weighted by Gasteiger charge is 2.38. The molecule has 142 valence electrons. The van der Waals surface area contributed by atoms with Crippen LogP contribution in [0.15, 0.2) is 65.9 Å². The van der Waals surface area contributed by atoms with Crippen molar-refractivity contribution in [2.45, 2.75) is 25.2 Å². The number of aliphatic imine (C=N–C) groups is 1. The molecule has 1 aromatic heterocycles. The fourth-order valence-electron chi connectivity index (χ4n) is 2.88. The largest absolute Gasteiger partial charge is 0.396 e. The first kappa shape index (κ1) is 19.4. The topological polar surface area (TPSA) is 72.8 Å². The number of allylic oxidation sites excluding steroid dienone is 1. The normalized spacial score (nSPS) is 19.0. The highest BCUT2D eigenvalue weighted by Crippen LogP contribution is 2.32. The number of nitrogens with one attached hydrogen (secondary N) is 2. The van der Waals surface area contributed by atoms with Crippen LogP contribution in [0.3, 0.4) is 0 Å². The van der Waals surface area contributed by atoms with Gasteiger partial charge in [0.25, 0.3) is 5.91 Å². The lowest BCUT2D eigenvalue weighted by atomic mass is 10.1. The number of unbranched alkanes of at least 4 members (excludes halogenated alkanes) is 2. The van der Waals surface area contributed by atoms with E-state index in [0.29, 0.717) is 6.54 Å². The summed E-state index contributed by atoms with van der Waals surface area (Å²) in [6.45, 7) is 0.909. The molecular formula is C20H24ClN5O. The number of nitrogens with zero attached hydrogens (tertiary/aromatic N) is 3. The SMILES string of the molecule is OCCCCCNC1(Nc2ccccc2)N=CC=C(c2ccncc2)N1Cl. The number of para-hydroxylation sites is 1. The summed E-state index contributed by atoms with van der Waals surface area (Å²) in [6.07, 6.45) is 9.74. The van der Waals surface area contributed by atoms with Gasteiger partial charge in [-0.15, -0.1) is 0 Å². The maximum absolute atomic E-state index is 8.96. The smallest absolute Gasteiger partial charge is 0.282 e. The molecule has 1 unspecified atom stereocenters. The molecule has 0 radical (unpaired) electrons. The highest BCUT2D eigenvalue weighted by molar-refractivity contribution is 6.19. The Morgan fingerprint density at radius 2 is 1.81 bits per heavy atom. The van der Waals surface area contributed by atoms with Crippen LogP contribution >= 0.6 is 11.8 Å². The number of rotatable bonds is 9. The van der Waals surface area contributed by atoms with Crippen LogP contribution in [0.25, 0.3) is 5.70 Å². The van der Waals surface area contributed by atoms with Gasteiger partial charge < -0.3 is 10.4 Å². The molecule has 0 amide bonds. The molecule has 3 rings (SSSR count). The summed E-state index contributed by atoms with van der Waals surface area (Å²) < 4.78 is 1.58. The summed E-state index contributed by atoms with van der Waals surface area (Å²) in [5.74, 6) is -1.02. The van der Waals surface area contributed by atoms with Crippen molar-refractivity contribution in [2.24, 2.45) is 4.99 Å². The molecule has 2 aromatic rings. The van der Waals surface area contributed by atoms with E-state index in [1.807, 2.05) is 48.5 Å². The number of hydrogen-bond acceptors (Lipinski definition) is 6. The van der Waals surface area contributed by atoms with E-state index in [2.05, 4.69) is 20.6 Å². The zero-order chi connectivity index (χ0) is 19.0. The molecule has 0 spiro atoms. The van der Waals surface area contributed by atoms with Gasteiger partial charge in [-0.05, 0) is 49.6 Å². The minimum Gasteiger partial charge on any atom is -0.396 e. The van der Waals surface area contributed by atoms with Gasteiger partial charge in [-0.1, -0.05) is 18.2 Å². The van der Waals surface area contributed by atoms with Crippen molar-refractivity contribution >= 4 is 29.4 Å². The third kappa shape index (κ3) is 4.86. The van der Waals surface area contributed by atoms with Gasteiger partial charge in [0.1, 0.15) is 0 Å². The predicted molar refractivity (Wildman–Crippen MR) is 110 cm³/mol. The molecule has 6 nitrogen and oxygen atoms in total. The van der Waals surface area contributed by atoms with Gasteiger partial charge in [-0.3, -0.25) is 10.3 Å². The lowest BCUT2D eigenvalue weighted by Crippen LogP contribution is -2.60. The zero-order valence-corrected chi connectivity index (χ0v) is 15.8. The maximum Gasteiger partial charge on any atom is 0.282 e. The molecule has 27 heavy (non-hydrogen) atoms. The molecule has 0 saturated carbocycles. The van der Waals surface area contributed by atoms with Crippen LogP contribution < -0.4 is 10.6 Å². The van der Waals surface area contributed by atoms with Crippen molar-refractivity contribution in [1.29, 1.82) is 0 Å². The van der Waals surface area contributed by atoms with E-state index in [9.17, 15) is 0 Å². The predicted octanol–water partition coefficient (Wildman–Crippen LogP) is 3.44.